The molecule has 0 aromatic heterocycles. The van der Waals surface area contributed by atoms with Crippen molar-refractivity contribution in [1.29, 1.82) is 0 Å². The van der Waals surface area contributed by atoms with Gasteiger partial charge in [-0.05, 0) is 5.92 Å². The van der Waals surface area contributed by atoms with E-state index in [1.165, 1.54) is 38.5 Å². The van der Waals surface area contributed by atoms with Crippen molar-refractivity contribution in [3.63, 3.8) is 0 Å². The molecule has 0 bridgehead atoms. The molecule has 0 aliphatic rings. The summed E-state index contributed by atoms with van der Waals surface area (Å²) in [5, 5.41) is 0. The van der Waals surface area contributed by atoms with Crippen LogP contribution in [-0.4, -0.2) is 0 Å². The number of hydrogen-bond donors (Lipinski definition) is 0. The fourth-order valence-corrected chi connectivity index (χ4v) is 1.38. The molecule has 0 amide bonds. The molecule has 0 atom stereocenters. The monoisotopic (exact) mass is 200 g/mol. The first kappa shape index (κ1) is 14.0. The van der Waals surface area contributed by atoms with Crippen LogP contribution in [0.1, 0.15) is 59.3 Å². The third-order valence-electron chi connectivity index (χ3n) is 2.37. The number of unbranched alkanes of at least 4 members (excludes halogenated alkanes) is 2. The van der Waals surface area contributed by atoms with Gasteiger partial charge in [-0.15, -0.1) is 0 Å². The van der Waals surface area contributed by atoms with E-state index in [4.69, 9.17) is 0 Å². The number of rotatable bonds is 6. The van der Waals surface area contributed by atoms with Crippen molar-refractivity contribution in [1.82, 2.24) is 0 Å². The Hall–Kier alpha value is 0.494. The predicted octanol–water partition coefficient (Wildman–Crippen LogP) is 4.00. The van der Waals surface area contributed by atoms with E-state index in [0.717, 1.165) is 5.92 Å². The Morgan fingerprint density at radius 1 is 0.909 bits per heavy atom. The summed E-state index contributed by atoms with van der Waals surface area (Å²) in [6.07, 6.45) is 8.45. The second-order valence-electron chi connectivity index (χ2n) is 3.18. The predicted molar refractivity (Wildman–Crippen MR) is 48.2 cm³/mol. The average Bonchev–Trinajstić information content (AvgIpc) is 1.99. The van der Waals surface area contributed by atoms with Crippen LogP contribution >= 0.6 is 0 Å². The first-order chi connectivity index (χ1) is 4.85. The van der Waals surface area contributed by atoms with Crippen LogP contribution in [0.25, 0.3) is 0 Å². The van der Waals surface area contributed by atoms with Gasteiger partial charge in [0.25, 0.3) is 0 Å². The van der Waals surface area contributed by atoms with E-state index in [1.54, 1.807) is 0 Å². The first-order valence-corrected chi connectivity index (χ1v) is 4.85. The Labute approximate surface area is 82.1 Å². The maximum atomic E-state index is 2.31. The van der Waals surface area contributed by atoms with Crippen molar-refractivity contribution in [2.75, 3.05) is 0 Å². The molecular weight excluding hydrogens is 179 g/mol. The summed E-state index contributed by atoms with van der Waals surface area (Å²) >= 11 is 0. The van der Waals surface area contributed by atoms with Crippen LogP contribution in [0, 0.1) is 5.92 Å². The molecule has 0 spiro atoms. The molecule has 0 heterocycles. The molecule has 0 fully saturated rings. The van der Waals surface area contributed by atoms with Gasteiger partial charge < -0.3 is 0 Å². The van der Waals surface area contributed by atoms with Gasteiger partial charge in [-0.2, -0.15) is 0 Å². The van der Waals surface area contributed by atoms with E-state index in [-0.39, 0.29) is 16.5 Å². The molecule has 72 valence electrons. The van der Waals surface area contributed by atoms with E-state index in [9.17, 15) is 0 Å². The van der Waals surface area contributed by atoms with Crippen molar-refractivity contribution in [3.05, 3.63) is 0 Å². The Kier molecular flexibility index (Phi) is 13.4. The van der Waals surface area contributed by atoms with Crippen LogP contribution in [0.3, 0.4) is 0 Å². The maximum Gasteiger partial charge on any atom is 0 e. The molecule has 0 radical (unpaired) electrons. The molecule has 0 nitrogen and oxygen atoms in total. The second-order valence-corrected chi connectivity index (χ2v) is 3.18. The summed E-state index contributed by atoms with van der Waals surface area (Å²) in [5.74, 6) is 1.01. The first-order valence-electron chi connectivity index (χ1n) is 4.85. The van der Waals surface area contributed by atoms with E-state index in [0.29, 0.717) is 0 Å². The van der Waals surface area contributed by atoms with Gasteiger partial charge in [0, 0.05) is 16.5 Å². The molecule has 11 heavy (non-hydrogen) atoms. The zero-order chi connectivity index (χ0) is 7.82. The molecule has 0 unspecified atom stereocenters. The van der Waals surface area contributed by atoms with Crippen molar-refractivity contribution in [3.8, 4) is 0 Å². The van der Waals surface area contributed by atoms with Crippen LogP contribution in [0.4, 0.5) is 0 Å². The Morgan fingerprint density at radius 3 is 1.82 bits per heavy atom. The van der Waals surface area contributed by atoms with Crippen molar-refractivity contribution < 1.29 is 16.5 Å². The van der Waals surface area contributed by atoms with Crippen LogP contribution < -0.4 is 0 Å². The molecular formula is C10H22Ni. The minimum absolute atomic E-state index is 0. The SMILES string of the molecule is CCCCCC(CC)CC.[Ni]. The summed E-state index contributed by atoms with van der Waals surface area (Å²) in [4.78, 5) is 0. The topological polar surface area (TPSA) is 0 Å². The van der Waals surface area contributed by atoms with Gasteiger partial charge in [0.05, 0.1) is 0 Å². The summed E-state index contributed by atoms with van der Waals surface area (Å²) in [7, 11) is 0. The fraction of sp³-hybridized carbons (Fsp3) is 1.00. The summed E-state index contributed by atoms with van der Waals surface area (Å²) < 4.78 is 0. The zero-order valence-corrected chi connectivity index (χ0v) is 9.12. The Bertz CT molecular complexity index is 57.9. The largest absolute Gasteiger partial charge is 0.0654 e. The van der Waals surface area contributed by atoms with Crippen LogP contribution in [0.5, 0.6) is 0 Å². The molecule has 1 heteroatoms. The molecule has 0 rings (SSSR count). The van der Waals surface area contributed by atoms with Gasteiger partial charge >= 0.3 is 0 Å². The second kappa shape index (κ2) is 10.5. The van der Waals surface area contributed by atoms with Gasteiger partial charge in [-0.25, -0.2) is 0 Å². The van der Waals surface area contributed by atoms with E-state index in [1.807, 2.05) is 0 Å². The molecule has 0 aromatic carbocycles. The quantitative estimate of drug-likeness (QED) is 0.450. The van der Waals surface area contributed by atoms with Gasteiger partial charge in [-0.1, -0.05) is 59.3 Å². The van der Waals surface area contributed by atoms with Crippen molar-refractivity contribution in [2.45, 2.75) is 59.3 Å². The Balaban J connectivity index is 0. The third kappa shape index (κ3) is 8.40. The van der Waals surface area contributed by atoms with Crippen LogP contribution in [0.2, 0.25) is 0 Å². The minimum Gasteiger partial charge on any atom is -0.0654 e. The Morgan fingerprint density at radius 2 is 1.45 bits per heavy atom. The summed E-state index contributed by atoms with van der Waals surface area (Å²) in [6, 6.07) is 0. The molecule has 0 aliphatic heterocycles. The average molecular weight is 201 g/mol. The normalized spacial score (nSPS) is 9.82. The molecule has 0 aliphatic carbocycles. The summed E-state index contributed by atoms with van der Waals surface area (Å²) in [5.41, 5.74) is 0. The molecule has 0 saturated heterocycles. The molecule has 0 saturated carbocycles. The van der Waals surface area contributed by atoms with Crippen molar-refractivity contribution in [2.24, 2.45) is 5.92 Å². The van der Waals surface area contributed by atoms with Gasteiger partial charge in [0.1, 0.15) is 0 Å². The molecule has 0 aromatic rings. The zero-order valence-electron chi connectivity index (χ0n) is 8.14. The number of hydrogen-bond acceptors (Lipinski definition) is 0. The fourth-order valence-electron chi connectivity index (χ4n) is 1.38. The van der Waals surface area contributed by atoms with Crippen molar-refractivity contribution >= 4 is 0 Å². The smallest absolute Gasteiger partial charge is 0 e. The van der Waals surface area contributed by atoms with Gasteiger partial charge in [-0.3, -0.25) is 0 Å². The minimum atomic E-state index is 0. The van der Waals surface area contributed by atoms with Crippen LogP contribution in [0.15, 0.2) is 0 Å². The van der Waals surface area contributed by atoms with Gasteiger partial charge in [0.2, 0.25) is 0 Å². The van der Waals surface area contributed by atoms with E-state index >= 15 is 0 Å². The van der Waals surface area contributed by atoms with Gasteiger partial charge in [0.15, 0.2) is 0 Å². The standard InChI is InChI=1S/C10H22.Ni/c1-4-7-8-9-10(5-2)6-3;/h10H,4-9H2,1-3H3;. The molecule has 0 N–H and O–H groups in total. The maximum absolute atomic E-state index is 2.31. The van der Waals surface area contributed by atoms with E-state index in [2.05, 4.69) is 20.8 Å². The summed E-state index contributed by atoms with van der Waals surface area (Å²) in [6.45, 7) is 6.88. The third-order valence-corrected chi connectivity index (χ3v) is 2.37. The van der Waals surface area contributed by atoms with Crippen LogP contribution in [-0.2, 0) is 16.5 Å². The van der Waals surface area contributed by atoms with E-state index < -0.39 is 0 Å².